The molecular formula is C13H12ClNO4. The minimum atomic E-state index is -0.738. The number of carbonyl (C=O) groups is 3. The number of anilines is 1. The first-order chi connectivity index (χ1) is 8.90. The van der Waals surface area contributed by atoms with E-state index in [1.165, 1.54) is 18.2 Å². The summed E-state index contributed by atoms with van der Waals surface area (Å²) >= 11 is 5.84. The van der Waals surface area contributed by atoms with Gasteiger partial charge in [-0.05, 0) is 32.0 Å². The second-order valence-corrected chi connectivity index (χ2v) is 4.86. The first-order valence-electron chi connectivity index (χ1n) is 5.75. The van der Waals surface area contributed by atoms with Crippen LogP contribution in [0.15, 0.2) is 18.2 Å². The molecule has 0 unspecified atom stereocenters. The molecule has 0 saturated carbocycles. The monoisotopic (exact) mass is 281 g/mol. The molecule has 0 aliphatic carbocycles. The summed E-state index contributed by atoms with van der Waals surface area (Å²) in [6, 6.07) is 4.50. The molecule has 1 aromatic rings. The molecule has 0 fully saturated rings. The summed E-state index contributed by atoms with van der Waals surface area (Å²) in [5.41, 5.74) is 0.606. The number of nitrogens with zero attached hydrogens (tertiary/aromatic N) is 1. The first-order valence-corrected chi connectivity index (χ1v) is 6.13. The minimum absolute atomic E-state index is 0.256. The lowest BCUT2D eigenvalue weighted by Gasteiger charge is -2.16. The van der Waals surface area contributed by atoms with E-state index in [-0.39, 0.29) is 18.2 Å². The van der Waals surface area contributed by atoms with Crippen LogP contribution in [0.2, 0.25) is 5.02 Å². The molecule has 0 bridgehead atoms. The number of ether oxygens (including phenoxy) is 1. The summed E-state index contributed by atoms with van der Waals surface area (Å²) in [5, 5.41) is 0.392. The van der Waals surface area contributed by atoms with Gasteiger partial charge in [-0.15, -0.1) is 0 Å². The predicted octanol–water partition coefficient (Wildman–Crippen LogP) is 1.82. The number of hydrogen-bond acceptors (Lipinski definition) is 4. The number of rotatable bonds is 3. The van der Waals surface area contributed by atoms with Gasteiger partial charge >= 0.3 is 5.97 Å². The van der Waals surface area contributed by atoms with E-state index in [9.17, 15) is 14.4 Å². The van der Waals surface area contributed by atoms with Gasteiger partial charge in [0.25, 0.3) is 11.7 Å². The summed E-state index contributed by atoms with van der Waals surface area (Å²) in [4.78, 5) is 36.2. The van der Waals surface area contributed by atoms with Crippen LogP contribution in [-0.2, 0) is 14.3 Å². The Bertz CT molecular complexity index is 568. The van der Waals surface area contributed by atoms with Gasteiger partial charge in [-0.2, -0.15) is 0 Å². The summed E-state index contributed by atoms with van der Waals surface area (Å²) in [5.74, 6) is -1.94. The molecule has 1 aliphatic heterocycles. The van der Waals surface area contributed by atoms with Gasteiger partial charge in [0.2, 0.25) is 0 Å². The van der Waals surface area contributed by atoms with E-state index in [0.29, 0.717) is 10.7 Å². The quantitative estimate of drug-likeness (QED) is 0.626. The van der Waals surface area contributed by atoms with E-state index >= 15 is 0 Å². The predicted molar refractivity (Wildman–Crippen MR) is 69.4 cm³/mol. The van der Waals surface area contributed by atoms with Gasteiger partial charge in [0.1, 0.15) is 6.54 Å². The third-order valence-corrected chi connectivity index (χ3v) is 2.82. The van der Waals surface area contributed by atoms with Crippen molar-refractivity contribution in [2.24, 2.45) is 0 Å². The summed E-state index contributed by atoms with van der Waals surface area (Å²) < 4.78 is 4.96. The Morgan fingerprint density at radius 1 is 1.37 bits per heavy atom. The number of fused-ring (bicyclic) bond motifs is 1. The Balaban J connectivity index is 2.28. The number of benzene rings is 1. The maximum Gasteiger partial charge on any atom is 0.326 e. The molecule has 19 heavy (non-hydrogen) atoms. The second kappa shape index (κ2) is 5.01. The highest BCUT2D eigenvalue weighted by Gasteiger charge is 2.37. The standard InChI is InChI=1S/C13H12ClNO4/c1-7(2)19-11(16)6-15-10-5-8(14)3-4-9(10)12(17)13(15)18/h3-5,7H,6H2,1-2H3. The third kappa shape index (κ3) is 2.61. The molecule has 0 aromatic heterocycles. The average Bonchev–Trinajstić information content (AvgIpc) is 2.53. The van der Waals surface area contributed by atoms with Gasteiger partial charge in [0.15, 0.2) is 0 Å². The van der Waals surface area contributed by atoms with Crippen molar-refractivity contribution in [2.75, 3.05) is 11.4 Å². The fourth-order valence-electron chi connectivity index (χ4n) is 1.85. The number of halogens is 1. The van der Waals surface area contributed by atoms with Crippen LogP contribution in [0.25, 0.3) is 0 Å². The first kappa shape index (κ1) is 13.5. The molecule has 2 rings (SSSR count). The van der Waals surface area contributed by atoms with Crippen molar-refractivity contribution in [3.8, 4) is 0 Å². The number of carbonyl (C=O) groups excluding carboxylic acids is 3. The lowest BCUT2D eigenvalue weighted by atomic mass is 10.1. The van der Waals surface area contributed by atoms with Crippen LogP contribution in [0, 0.1) is 0 Å². The topological polar surface area (TPSA) is 63.7 Å². The van der Waals surface area contributed by atoms with Crippen molar-refractivity contribution in [2.45, 2.75) is 20.0 Å². The molecule has 1 aliphatic rings. The summed E-state index contributed by atoms with van der Waals surface area (Å²) in [6.07, 6.45) is -0.278. The van der Waals surface area contributed by atoms with Crippen molar-refractivity contribution < 1.29 is 19.1 Å². The zero-order valence-electron chi connectivity index (χ0n) is 10.5. The van der Waals surface area contributed by atoms with Crippen molar-refractivity contribution in [3.63, 3.8) is 0 Å². The number of esters is 1. The highest BCUT2D eigenvalue weighted by Crippen LogP contribution is 2.31. The zero-order chi connectivity index (χ0) is 14.2. The van der Waals surface area contributed by atoms with Crippen LogP contribution in [-0.4, -0.2) is 30.3 Å². The van der Waals surface area contributed by atoms with Crippen LogP contribution in [0.4, 0.5) is 5.69 Å². The second-order valence-electron chi connectivity index (χ2n) is 4.42. The smallest absolute Gasteiger partial charge is 0.326 e. The van der Waals surface area contributed by atoms with Crippen LogP contribution >= 0.6 is 11.6 Å². The zero-order valence-corrected chi connectivity index (χ0v) is 11.2. The molecule has 0 radical (unpaired) electrons. The Morgan fingerprint density at radius 3 is 2.68 bits per heavy atom. The van der Waals surface area contributed by atoms with E-state index < -0.39 is 17.7 Å². The third-order valence-electron chi connectivity index (χ3n) is 2.59. The highest BCUT2D eigenvalue weighted by molar-refractivity contribution is 6.52. The summed E-state index contributed by atoms with van der Waals surface area (Å²) in [6.45, 7) is 3.12. The van der Waals surface area contributed by atoms with E-state index in [4.69, 9.17) is 16.3 Å². The van der Waals surface area contributed by atoms with Gasteiger partial charge in [0, 0.05) is 5.02 Å². The van der Waals surface area contributed by atoms with Crippen LogP contribution in [0.1, 0.15) is 24.2 Å². The van der Waals surface area contributed by atoms with Crippen LogP contribution in [0.3, 0.4) is 0 Å². The molecule has 5 nitrogen and oxygen atoms in total. The van der Waals surface area contributed by atoms with Crippen LogP contribution in [0.5, 0.6) is 0 Å². The van der Waals surface area contributed by atoms with Gasteiger partial charge in [0.05, 0.1) is 17.4 Å². The lowest BCUT2D eigenvalue weighted by molar-refractivity contribution is -0.146. The lowest BCUT2D eigenvalue weighted by Crippen LogP contribution is -2.36. The average molecular weight is 282 g/mol. The molecule has 100 valence electrons. The van der Waals surface area contributed by atoms with Gasteiger partial charge in [-0.25, -0.2) is 0 Å². The normalized spacial score (nSPS) is 14.0. The maximum absolute atomic E-state index is 11.8. The fraction of sp³-hybridized carbons (Fsp3) is 0.308. The largest absolute Gasteiger partial charge is 0.462 e. The Kier molecular flexibility index (Phi) is 3.57. The summed E-state index contributed by atoms with van der Waals surface area (Å²) in [7, 11) is 0. The molecule has 0 saturated heterocycles. The SMILES string of the molecule is CC(C)OC(=O)CN1C(=O)C(=O)c2ccc(Cl)cc21. The number of ketones is 1. The van der Waals surface area contributed by atoms with Gasteiger partial charge in [-0.1, -0.05) is 11.6 Å². The van der Waals surface area contributed by atoms with E-state index in [0.717, 1.165) is 4.90 Å². The van der Waals surface area contributed by atoms with E-state index in [1.807, 2.05) is 0 Å². The number of Topliss-reactive ketones (excluding diaryl/α,β-unsaturated/α-hetero) is 1. The molecule has 6 heteroatoms. The Morgan fingerprint density at radius 2 is 2.05 bits per heavy atom. The molecule has 0 N–H and O–H groups in total. The highest BCUT2D eigenvalue weighted by atomic mass is 35.5. The van der Waals surface area contributed by atoms with Crippen molar-refractivity contribution in [1.29, 1.82) is 0 Å². The van der Waals surface area contributed by atoms with Crippen molar-refractivity contribution in [3.05, 3.63) is 28.8 Å². The molecule has 1 heterocycles. The van der Waals surface area contributed by atoms with Crippen molar-refractivity contribution in [1.82, 2.24) is 0 Å². The van der Waals surface area contributed by atoms with E-state index in [2.05, 4.69) is 0 Å². The number of amides is 1. The maximum atomic E-state index is 11.8. The van der Waals surface area contributed by atoms with Gasteiger partial charge < -0.3 is 4.74 Å². The fourth-order valence-corrected chi connectivity index (χ4v) is 2.02. The van der Waals surface area contributed by atoms with Gasteiger partial charge in [-0.3, -0.25) is 19.3 Å². The molecule has 0 atom stereocenters. The Labute approximate surface area is 115 Å². The van der Waals surface area contributed by atoms with Crippen molar-refractivity contribution >= 4 is 34.9 Å². The molecular weight excluding hydrogens is 270 g/mol. The number of hydrogen-bond donors (Lipinski definition) is 0. The molecule has 1 aromatic carbocycles. The minimum Gasteiger partial charge on any atom is -0.462 e. The molecule has 0 spiro atoms. The molecule has 1 amide bonds. The van der Waals surface area contributed by atoms with Crippen LogP contribution < -0.4 is 4.90 Å². The Hall–Kier alpha value is -1.88. The van der Waals surface area contributed by atoms with E-state index in [1.54, 1.807) is 13.8 Å².